The smallest absolute Gasteiger partial charge is 0.244 e. The van der Waals surface area contributed by atoms with Crippen LogP contribution in [0.5, 0.6) is 0 Å². The van der Waals surface area contributed by atoms with Crippen molar-refractivity contribution in [3.63, 3.8) is 0 Å². The van der Waals surface area contributed by atoms with E-state index in [1.807, 2.05) is 13.8 Å². The van der Waals surface area contributed by atoms with E-state index in [9.17, 15) is 8.42 Å². The van der Waals surface area contributed by atoms with E-state index >= 15 is 0 Å². The van der Waals surface area contributed by atoms with Crippen LogP contribution in [0.15, 0.2) is 20.0 Å². The molecule has 5 nitrogen and oxygen atoms in total. The first-order chi connectivity index (χ1) is 9.22. The Hall–Kier alpha value is -0.370. The summed E-state index contributed by atoms with van der Waals surface area (Å²) in [4.78, 5) is 0.154. The van der Waals surface area contributed by atoms with Crippen LogP contribution in [0, 0.1) is 5.92 Å². The van der Waals surface area contributed by atoms with Crippen LogP contribution in [0.3, 0.4) is 0 Å². The number of sulfonamides is 1. The monoisotopic (exact) mass is 366 g/mol. The molecule has 0 aliphatic carbocycles. The molecular formula is C13H23BrN2O3S. The summed E-state index contributed by atoms with van der Waals surface area (Å²) in [5.74, 6) is 1.05. The molecule has 0 aliphatic heterocycles. The standard InChI is InChI=1S/C13H23BrN2O3S/c1-9(2)5-6-16-20(17,18)12-7-11(19-13(12)14)8-15-10(3)4/h7,9-10,15-16H,5-6,8H2,1-4H3. The summed E-state index contributed by atoms with van der Waals surface area (Å²) < 4.78 is 32.6. The molecule has 0 fully saturated rings. The molecule has 0 amide bonds. The summed E-state index contributed by atoms with van der Waals surface area (Å²) >= 11 is 3.17. The normalized spacial score (nSPS) is 12.6. The summed E-state index contributed by atoms with van der Waals surface area (Å²) in [7, 11) is -3.52. The van der Waals surface area contributed by atoms with Crippen molar-refractivity contribution in [3.05, 3.63) is 16.5 Å². The van der Waals surface area contributed by atoms with Crippen molar-refractivity contribution in [3.8, 4) is 0 Å². The third kappa shape index (κ3) is 5.55. The van der Waals surface area contributed by atoms with Gasteiger partial charge in [-0.15, -0.1) is 0 Å². The van der Waals surface area contributed by atoms with Gasteiger partial charge in [-0.25, -0.2) is 13.1 Å². The molecule has 0 saturated heterocycles. The number of hydrogen-bond acceptors (Lipinski definition) is 4. The van der Waals surface area contributed by atoms with Gasteiger partial charge in [0, 0.05) is 18.7 Å². The predicted octanol–water partition coefficient (Wildman–Crippen LogP) is 2.86. The Balaban J connectivity index is 2.74. The maximum Gasteiger partial charge on any atom is 0.244 e. The van der Waals surface area contributed by atoms with E-state index in [0.717, 1.165) is 6.42 Å². The van der Waals surface area contributed by atoms with E-state index in [1.54, 1.807) is 6.07 Å². The Morgan fingerprint density at radius 2 is 1.95 bits per heavy atom. The zero-order valence-corrected chi connectivity index (χ0v) is 14.8. The van der Waals surface area contributed by atoms with E-state index in [-0.39, 0.29) is 9.56 Å². The van der Waals surface area contributed by atoms with Crippen molar-refractivity contribution in [2.24, 2.45) is 5.92 Å². The predicted molar refractivity (Wildman–Crippen MR) is 83.0 cm³/mol. The lowest BCUT2D eigenvalue weighted by Crippen LogP contribution is -2.25. The van der Waals surface area contributed by atoms with E-state index in [0.29, 0.717) is 30.8 Å². The molecule has 20 heavy (non-hydrogen) atoms. The summed E-state index contributed by atoms with van der Waals surface area (Å²) in [6.45, 7) is 9.07. The summed E-state index contributed by atoms with van der Waals surface area (Å²) in [6.07, 6.45) is 0.802. The minimum Gasteiger partial charge on any atom is -0.452 e. The highest BCUT2D eigenvalue weighted by molar-refractivity contribution is 9.10. The Morgan fingerprint density at radius 3 is 2.50 bits per heavy atom. The van der Waals surface area contributed by atoms with E-state index in [1.165, 1.54) is 0 Å². The number of nitrogens with one attached hydrogen (secondary N) is 2. The molecule has 2 N–H and O–H groups in total. The Labute approximate surface area is 129 Å². The van der Waals surface area contributed by atoms with Gasteiger partial charge in [0.2, 0.25) is 10.0 Å². The van der Waals surface area contributed by atoms with Crippen LogP contribution in [0.25, 0.3) is 0 Å². The molecule has 0 unspecified atom stereocenters. The summed E-state index contributed by atoms with van der Waals surface area (Å²) in [6, 6.07) is 1.86. The van der Waals surface area contributed by atoms with Gasteiger partial charge < -0.3 is 9.73 Å². The fraction of sp³-hybridized carbons (Fsp3) is 0.692. The second kappa shape index (κ2) is 7.59. The van der Waals surface area contributed by atoms with Crippen LogP contribution in [-0.4, -0.2) is 21.0 Å². The highest BCUT2D eigenvalue weighted by Crippen LogP contribution is 2.26. The van der Waals surface area contributed by atoms with Crippen molar-refractivity contribution in [2.45, 2.75) is 51.6 Å². The van der Waals surface area contributed by atoms with Gasteiger partial charge in [0.1, 0.15) is 10.7 Å². The average molecular weight is 367 g/mol. The first-order valence-corrected chi connectivity index (χ1v) is 9.01. The molecule has 1 aromatic heterocycles. The fourth-order valence-corrected chi connectivity index (χ4v) is 3.58. The van der Waals surface area contributed by atoms with Crippen molar-refractivity contribution in [2.75, 3.05) is 6.54 Å². The Morgan fingerprint density at radius 1 is 1.30 bits per heavy atom. The minimum atomic E-state index is -3.52. The summed E-state index contributed by atoms with van der Waals surface area (Å²) in [5.41, 5.74) is 0. The maximum atomic E-state index is 12.2. The SMILES string of the molecule is CC(C)CCNS(=O)(=O)c1cc(CNC(C)C)oc1Br. The van der Waals surface area contributed by atoms with Gasteiger partial charge in [0.25, 0.3) is 0 Å². The molecule has 1 heterocycles. The first-order valence-electron chi connectivity index (χ1n) is 6.73. The van der Waals surface area contributed by atoms with Crippen molar-refractivity contribution >= 4 is 26.0 Å². The largest absolute Gasteiger partial charge is 0.452 e. The van der Waals surface area contributed by atoms with Crippen molar-refractivity contribution < 1.29 is 12.8 Å². The topological polar surface area (TPSA) is 71.3 Å². The molecule has 7 heteroatoms. The highest BCUT2D eigenvalue weighted by atomic mass is 79.9. The number of furan rings is 1. The van der Waals surface area contributed by atoms with Crippen LogP contribution >= 0.6 is 15.9 Å². The zero-order chi connectivity index (χ0) is 15.3. The van der Waals surface area contributed by atoms with Gasteiger partial charge in [-0.2, -0.15) is 0 Å². The van der Waals surface area contributed by atoms with Crippen LogP contribution in [-0.2, 0) is 16.6 Å². The lowest BCUT2D eigenvalue weighted by molar-refractivity contribution is 0.447. The van der Waals surface area contributed by atoms with E-state index in [4.69, 9.17) is 4.42 Å². The molecule has 0 radical (unpaired) electrons. The van der Waals surface area contributed by atoms with Crippen LogP contribution in [0.2, 0.25) is 0 Å². The minimum absolute atomic E-state index is 0.154. The maximum absolute atomic E-state index is 12.2. The number of halogens is 1. The summed E-state index contributed by atoms with van der Waals surface area (Å²) in [5, 5.41) is 3.18. The highest BCUT2D eigenvalue weighted by Gasteiger charge is 2.22. The number of rotatable bonds is 8. The molecule has 1 aromatic rings. The van der Waals surface area contributed by atoms with Crippen LogP contribution in [0.4, 0.5) is 0 Å². The lowest BCUT2D eigenvalue weighted by Gasteiger charge is -2.06. The molecule has 0 spiro atoms. The van der Waals surface area contributed by atoms with Gasteiger partial charge in [-0.1, -0.05) is 27.7 Å². The van der Waals surface area contributed by atoms with Crippen LogP contribution in [0.1, 0.15) is 39.9 Å². The molecule has 0 bridgehead atoms. The first kappa shape index (κ1) is 17.7. The molecular weight excluding hydrogens is 344 g/mol. The molecule has 0 aliphatic rings. The zero-order valence-electron chi connectivity index (χ0n) is 12.4. The van der Waals surface area contributed by atoms with Crippen molar-refractivity contribution in [1.29, 1.82) is 0 Å². The Bertz CT molecular complexity index is 524. The fourth-order valence-electron chi connectivity index (χ4n) is 1.53. The van der Waals surface area contributed by atoms with E-state index in [2.05, 4.69) is 39.8 Å². The number of hydrogen-bond donors (Lipinski definition) is 2. The quantitative estimate of drug-likeness (QED) is 0.741. The third-order valence-corrected chi connectivity index (χ3v) is 5.01. The van der Waals surface area contributed by atoms with Gasteiger partial charge in [0.15, 0.2) is 4.67 Å². The molecule has 116 valence electrons. The molecule has 0 aromatic carbocycles. The average Bonchev–Trinajstić information content (AvgIpc) is 2.68. The van der Waals surface area contributed by atoms with Crippen molar-refractivity contribution in [1.82, 2.24) is 10.0 Å². The van der Waals surface area contributed by atoms with Gasteiger partial charge in [0.05, 0.1) is 6.54 Å². The molecule has 1 rings (SSSR count). The molecule has 0 atom stereocenters. The van der Waals surface area contributed by atoms with Gasteiger partial charge >= 0.3 is 0 Å². The second-order valence-corrected chi connectivity index (χ2v) is 7.92. The van der Waals surface area contributed by atoms with E-state index < -0.39 is 10.0 Å². The lowest BCUT2D eigenvalue weighted by atomic mass is 10.1. The Kier molecular flexibility index (Phi) is 6.71. The third-order valence-electron chi connectivity index (χ3n) is 2.69. The second-order valence-electron chi connectivity index (χ2n) is 5.47. The molecule has 0 saturated carbocycles. The van der Waals surface area contributed by atoms with Crippen LogP contribution < -0.4 is 10.0 Å². The van der Waals surface area contributed by atoms with Gasteiger partial charge in [-0.3, -0.25) is 0 Å². The van der Waals surface area contributed by atoms with Gasteiger partial charge in [-0.05, 0) is 28.3 Å².